The molecular weight excluding hydrogens is 472 g/mol. The fraction of sp³-hybridized carbons (Fsp3) is 0.333. The molecule has 0 spiro atoms. The van der Waals surface area contributed by atoms with E-state index in [9.17, 15) is 9.59 Å². The molecule has 0 heterocycles. The largest absolute Gasteiger partial charge is 0.484 e. The van der Waals surface area contributed by atoms with Crippen LogP contribution in [0.1, 0.15) is 36.1 Å². The minimum atomic E-state index is -0.686. The Morgan fingerprint density at radius 2 is 1.64 bits per heavy atom. The van der Waals surface area contributed by atoms with Crippen molar-refractivity contribution in [3.63, 3.8) is 0 Å². The molecule has 1 N–H and O–H groups in total. The van der Waals surface area contributed by atoms with E-state index in [-0.39, 0.29) is 18.4 Å². The van der Waals surface area contributed by atoms with Gasteiger partial charge in [-0.05, 0) is 60.2 Å². The smallest absolute Gasteiger partial charge is 0.261 e. The minimum absolute atomic E-state index is 0.170. The molecule has 6 heteroatoms. The van der Waals surface area contributed by atoms with Gasteiger partial charge in [0.15, 0.2) is 6.61 Å². The first-order chi connectivity index (χ1) is 17.2. The topological polar surface area (TPSA) is 58.6 Å². The van der Waals surface area contributed by atoms with E-state index in [0.717, 1.165) is 22.3 Å². The van der Waals surface area contributed by atoms with Gasteiger partial charge in [0.05, 0.1) is 0 Å². The first-order valence-corrected chi connectivity index (χ1v) is 12.7. The SMILES string of the molecule is Cc1cc(OCC(=O)N(Cc2ccccc2C)[C@@H](Cc2ccccc2)C(=O)NCC(C)C)ccc1Cl. The minimum Gasteiger partial charge on any atom is -0.484 e. The van der Waals surface area contributed by atoms with Crippen molar-refractivity contribution in [2.45, 2.75) is 46.7 Å². The third kappa shape index (κ3) is 7.85. The molecule has 0 aliphatic carbocycles. The molecule has 0 aliphatic heterocycles. The van der Waals surface area contributed by atoms with Crippen molar-refractivity contribution in [1.29, 1.82) is 0 Å². The molecule has 0 bridgehead atoms. The zero-order valence-corrected chi connectivity index (χ0v) is 22.2. The van der Waals surface area contributed by atoms with Crippen molar-refractivity contribution >= 4 is 23.4 Å². The molecule has 190 valence electrons. The molecule has 5 nitrogen and oxygen atoms in total. The fourth-order valence-corrected chi connectivity index (χ4v) is 4.00. The molecule has 0 aliphatic rings. The number of hydrogen-bond acceptors (Lipinski definition) is 3. The highest BCUT2D eigenvalue weighted by Crippen LogP contribution is 2.22. The van der Waals surface area contributed by atoms with E-state index >= 15 is 0 Å². The Morgan fingerprint density at radius 1 is 0.944 bits per heavy atom. The van der Waals surface area contributed by atoms with Crippen molar-refractivity contribution < 1.29 is 14.3 Å². The van der Waals surface area contributed by atoms with Crippen LogP contribution in [0.15, 0.2) is 72.8 Å². The molecule has 36 heavy (non-hydrogen) atoms. The van der Waals surface area contributed by atoms with Gasteiger partial charge in [-0.3, -0.25) is 9.59 Å². The summed E-state index contributed by atoms with van der Waals surface area (Å²) in [6, 6.07) is 22.3. The Kier molecular flexibility index (Phi) is 9.95. The molecule has 2 amide bonds. The predicted octanol–water partition coefficient (Wildman–Crippen LogP) is 5.75. The van der Waals surface area contributed by atoms with Crippen LogP contribution in [0.25, 0.3) is 0 Å². The van der Waals surface area contributed by atoms with E-state index in [0.29, 0.717) is 36.2 Å². The summed E-state index contributed by atoms with van der Waals surface area (Å²) in [4.78, 5) is 28.8. The molecule has 0 fully saturated rings. The Balaban J connectivity index is 1.91. The lowest BCUT2D eigenvalue weighted by molar-refractivity contribution is -0.142. The summed E-state index contributed by atoms with van der Waals surface area (Å²) in [6.07, 6.45) is 0.405. The maximum Gasteiger partial charge on any atom is 0.261 e. The molecule has 3 aromatic carbocycles. The van der Waals surface area contributed by atoms with E-state index in [1.54, 1.807) is 23.1 Å². The highest BCUT2D eigenvalue weighted by Gasteiger charge is 2.31. The number of nitrogens with zero attached hydrogens (tertiary/aromatic N) is 1. The van der Waals surface area contributed by atoms with Gasteiger partial charge in [-0.15, -0.1) is 0 Å². The molecule has 0 saturated carbocycles. The predicted molar refractivity (Wildman–Crippen MR) is 145 cm³/mol. The number of aryl methyl sites for hydroxylation is 2. The van der Waals surface area contributed by atoms with E-state index in [1.807, 2.05) is 82.3 Å². The molecule has 0 radical (unpaired) electrons. The standard InChI is InChI=1S/C30H35ClN2O3/c1-21(2)18-32-30(35)28(17-24-11-6-5-7-12-24)33(19-25-13-9-8-10-22(25)3)29(34)20-36-26-14-15-27(31)23(4)16-26/h5-16,21,28H,17-20H2,1-4H3,(H,32,35)/t28-/m0/s1. The zero-order valence-electron chi connectivity index (χ0n) is 21.5. The first kappa shape index (κ1) is 27.3. The first-order valence-electron chi connectivity index (χ1n) is 12.3. The Bertz CT molecular complexity index is 1160. The van der Waals surface area contributed by atoms with Gasteiger partial charge in [-0.1, -0.05) is 80.0 Å². The van der Waals surface area contributed by atoms with Gasteiger partial charge < -0.3 is 15.0 Å². The van der Waals surface area contributed by atoms with Crippen LogP contribution < -0.4 is 10.1 Å². The zero-order chi connectivity index (χ0) is 26.1. The summed E-state index contributed by atoms with van der Waals surface area (Å²) in [6.45, 7) is 8.65. The summed E-state index contributed by atoms with van der Waals surface area (Å²) in [5.74, 6) is 0.427. The van der Waals surface area contributed by atoms with Gasteiger partial charge in [0, 0.05) is 24.5 Å². The maximum absolute atomic E-state index is 13.7. The quantitative estimate of drug-likeness (QED) is 0.360. The summed E-state index contributed by atoms with van der Waals surface area (Å²) in [5, 5.41) is 3.68. The van der Waals surface area contributed by atoms with Crippen LogP contribution in [0.3, 0.4) is 0 Å². The van der Waals surface area contributed by atoms with Crippen LogP contribution in [-0.4, -0.2) is 35.9 Å². The van der Waals surface area contributed by atoms with E-state index < -0.39 is 6.04 Å². The van der Waals surface area contributed by atoms with Gasteiger partial charge in [-0.25, -0.2) is 0 Å². The Hall–Kier alpha value is -3.31. The van der Waals surface area contributed by atoms with Gasteiger partial charge >= 0.3 is 0 Å². The summed E-state index contributed by atoms with van der Waals surface area (Å²) < 4.78 is 5.85. The summed E-state index contributed by atoms with van der Waals surface area (Å²) >= 11 is 6.13. The second-order valence-electron chi connectivity index (χ2n) is 9.49. The van der Waals surface area contributed by atoms with E-state index in [4.69, 9.17) is 16.3 Å². The Labute approximate surface area is 219 Å². The molecule has 1 atom stereocenters. The lowest BCUT2D eigenvalue weighted by Gasteiger charge is -2.32. The van der Waals surface area contributed by atoms with Crippen LogP contribution in [-0.2, 0) is 22.6 Å². The maximum atomic E-state index is 13.7. The van der Waals surface area contributed by atoms with E-state index in [1.165, 1.54) is 0 Å². The number of ether oxygens (including phenoxy) is 1. The number of halogens is 1. The highest BCUT2D eigenvalue weighted by atomic mass is 35.5. The van der Waals surface area contributed by atoms with Crippen LogP contribution in [0.2, 0.25) is 5.02 Å². The number of rotatable bonds is 11. The third-order valence-corrected chi connectivity index (χ3v) is 6.47. The fourth-order valence-electron chi connectivity index (χ4n) is 3.88. The second kappa shape index (κ2) is 13.1. The molecule has 0 unspecified atom stereocenters. The van der Waals surface area contributed by atoms with Crippen molar-refractivity contribution in [3.8, 4) is 5.75 Å². The number of benzene rings is 3. The number of carbonyl (C=O) groups excluding carboxylic acids is 2. The van der Waals surface area contributed by atoms with Crippen molar-refractivity contribution in [3.05, 3.63) is 100 Å². The van der Waals surface area contributed by atoms with Gasteiger partial charge in [0.1, 0.15) is 11.8 Å². The van der Waals surface area contributed by atoms with Gasteiger partial charge in [-0.2, -0.15) is 0 Å². The van der Waals surface area contributed by atoms with E-state index in [2.05, 4.69) is 5.32 Å². The van der Waals surface area contributed by atoms with Crippen molar-refractivity contribution in [2.24, 2.45) is 5.92 Å². The number of hydrogen-bond donors (Lipinski definition) is 1. The lowest BCUT2D eigenvalue weighted by atomic mass is 10.0. The second-order valence-corrected chi connectivity index (χ2v) is 9.90. The summed E-state index contributed by atoms with van der Waals surface area (Å²) in [5.41, 5.74) is 3.90. The van der Waals surface area contributed by atoms with Crippen LogP contribution in [0, 0.1) is 19.8 Å². The molecule has 3 rings (SSSR count). The highest BCUT2D eigenvalue weighted by molar-refractivity contribution is 6.31. The van der Waals surface area contributed by atoms with Gasteiger partial charge in [0.25, 0.3) is 5.91 Å². The average molecular weight is 507 g/mol. The van der Waals surface area contributed by atoms with Crippen LogP contribution in [0.5, 0.6) is 5.75 Å². The number of carbonyl (C=O) groups is 2. The average Bonchev–Trinajstić information content (AvgIpc) is 2.86. The third-order valence-electron chi connectivity index (χ3n) is 6.05. The van der Waals surface area contributed by atoms with Crippen LogP contribution in [0.4, 0.5) is 0 Å². The molecule has 0 saturated heterocycles. The van der Waals surface area contributed by atoms with Crippen molar-refractivity contribution in [1.82, 2.24) is 10.2 Å². The Morgan fingerprint density at radius 3 is 2.31 bits per heavy atom. The molecular formula is C30H35ClN2O3. The van der Waals surface area contributed by atoms with Crippen molar-refractivity contribution in [2.75, 3.05) is 13.2 Å². The number of amides is 2. The summed E-state index contributed by atoms with van der Waals surface area (Å²) in [7, 11) is 0. The van der Waals surface area contributed by atoms with Crippen LogP contribution >= 0.6 is 11.6 Å². The monoisotopic (exact) mass is 506 g/mol. The normalized spacial score (nSPS) is 11.7. The number of nitrogens with one attached hydrogen (secondary N) is 1. The lowest BCUT2D eigenvalue weighted by Crippen LogP contribution is -2.52. The molecule has 3 aromatic rings. The molecule has 0 aromatic heterocycles. The van der Waals surface area contributed by atoms with Gasteiger partial charge in [0.2, 0.25) is 5.91 Å².